The molecule has 0 unspecified atom stereocenters. The van der Waals surface area contributed by atoms with Crippen molar-refractivity contribution in [1.29, 1.82) is 0 Å². The van der Waals surface area contributed by atoms with E-state index in [-0.39, 0.29) is 0 Å². The number of aryl methyl sites for hydroxylation is 1. The van der Waals surface area contributed by atoms with Gasteiger partial charge in [0.25, 0.3) is 0 Å². The molecular formula is C13H16ClN3O. The molecule has 0 amide bonds. The summed E-state index contributed by atoms with van der Waals surface area (Å²) >= 11 is 6.10. The van der Waals surface area contributed by atoms with Crippen LogP contribution in [0, 0.1) is 0 Å². The fourth-order valence-corrected chi connectivity index (χ4v) is 2.01. The van der Waals surface area contributed by atoms with Crippen molar-refractivity contribution in [3.8, 4) is 5.75 Å². The average Bonchev–Trinajstić information content (AvgIpc) is 2.77. The molecule has 0 aliphatic heterocycles. The van der Waals surface area contributed by atoms with Crippen LogP contribution in [-0.2, 0) is 20.0 Å². The summed E-state index contributed by atoms with van der Waals surface area (Å²) in [5.41, 5.74) is 6.57. The van der Waals surface area contributed by atoms with Crippen molar-refractivity contribution in [2.24, 2.45) is 12.8 Å². The summed E-state index contributed by atoms with van der Waals surface area (Å²) in [4.78, 5) is 4.24. The molecule has 4 nitrogen and oxygen atoms in total. The Labute approximate surface area is 111 Å². The maximum Gasteiger partial charge on any atom is 0.142 e. The van der Waals surface area contributed by atoms with Crippen molar-refractivity contribution in [2.45, 2.75) is 13.0 Å². The normalized spacial score (nSPS) is 10.6. The number of imidazole rings is 1. The zero-order valence-corrected chi connectivity index (χ0v) is 11.0. The van der Waals surface area contributed by atoms with Crippen molar-refractivity contribution >= 4 is 11.6 Å². The van der Waals surface area contributed by atoms with Gasteiger partial charge in [-0.15, -0.1) is 0 Å². The summed E-state index contributed by atoms with van der Waals surface area (Å²) in [6.45, 7) is 0.944. The van der Waals surface area contributed by atoms with Crippen molar-refractivity contribution in [3.05, 3.63) is 47.0 Å². The number of hydrogen-bond donors (Lipinski definition) is 1. The summed E-state index contributed by atoms with van der Waals surface area (Å²) in [6.07, 6.45) is 4.42. The van der Waals surface area contributed by atoms with Crippen LogP contribution in [-0.4, -0.2) is 16.2 Å². The predicted molar refractivity (Wildman–Crippen MR) is 71.8 cm³/mol. The summed E-state index contributed by atoms with van der Waals surface area (Å²) in [7, 11) is 1.96. The standard InChI is InChI=1S/C13H16ClN3O/c1-17-7-6-16-12(17)5-8-18-13-10(9-15)3-2-4-11(13)14/h2-4,6-7H,5,8-9,15H2,1H3. The van der Waals surface area contributed by atoms with E-state index in [1.807, 2.05) is 29.9 Å². The van der Waals surface area contributed by atoms with E-state index in [4.69, 9.17) is 22.1 Å². The maximum atomic E-state index is 6.10. The van der Waals surface area contributed by atoms with Crippen LogP contribution in [0.25, 0.3) is 0 Å². The second-order valence-corrected chi connectivity index (χ2v) is 4.39. The first-order valence-electron chi connectivity index (χ1n) is 5.79. The fraction of sp³-hybridized carbons (Fsp3) is 0.308. The molecule has 0 spiro atoms. The Balaban J connectivity index is 2.00. The largest absolute Gasteiger partial charge is 0.491 e. The predicted octanol–water partition coefficient (Wildman–Crippen LogP) is 2.15. The summed E-state index contributed by atoms with van der Waals surface area (Å²) < 4.78 is 7.69. The molecule has 1 aromatic carbocycles. The summed E-state index contributed by atoms with van der Waals surface area (Å²) in [5.74, 6) is 1.66. The average molecular weight is 266 g/mol. The molecule has 2 rings (SSSR count). The van der Waals surface area contributed by atoms with Gasteiger partial charge in [-0.05, 0) is 6.07 Å². The molecule has 0 bridgehead atoms. The Morgan fingerprint density at radius 1 is 1.44 bits per heavy atom. The highest BCUT2D eigenvalue weighted by atomic mass is 35.5. The first-order valence-corrected chi connectivity index (χ1v) is 6.16. The topological polar surface area (TPSA) is 53.1 Å². The quantitative estimate of drug-likeness (QED) is 0.901. The van der Waals surface area contributed by atoms with Crippen LogP contribution in [0.4, 0.5) is 0 Å². The van der Waals surface area contributed by atoms with Crippen LogP contribution in [0.15, 0.2) is 30.6 Å². The van der Waals surface area contributed by atoms with E-state index in [9.17, 15) is 0 Å². The van der Waals surface area contributed by atoms with Crippen molar-refractivity contribution in [2.75, 3.05) is 6.61 Å². The Morgan fingerprint density at radius 3 is 2.94 bits per heavy atom. The number of aromatic nitrogens is 2. The van der Waals surface area contributed by atoms with Gasteiger partial charge in [-0.2, -0.15) is 0 Å². The molecule has 2 aromatic rings. The molecule has 1 heterocycles. The lowest BCUT2D eigenvalue weighted by Gasteiger charge is -2.11. The number of ether oxygens (including phenoxy) is 1. The number of halogens is 1. The van der Waals surface area contributed by atoms with E-state index in [0.717, 1.165) is 17.8 Å². The molecule has 0 radical (unpaired) electrons. The molecule has 5 heteroatoms. The zero-order chi connectivity index (χ0) is 13.0. The van der Waals surface area contributed by atoms with Crippen LogP contribution >= 0.6 is 11.6 Å². The Bertz CT molecular complexity index is 525. The second kappa shape index (κ2) is 5.89. The van der Waals surface area contributed by atoms with E-state index in [2.05, 4.69) is 4.98 Å². The van der Waals surface area contributed by atoms with Gasteiger partial charge in [0.1, 0.15) is 11.6 Å². The number of benzene rings is 1. The SMILES string of the molecule is Cn1ccnc1CCOc1c(Cl)cccc1CN. The molecule has 1 aromatic heterocycles. The second-order valence-electron chi connectivity index (χ2n) is 3.99. The van der Waals surface area contributed by atoms with Gasteiger partial charge in [0, 0.05) is 38.0 Å². The zero-order valence-electron chi connectivity index (χ0n) is 10.3. The van der Waals surface area contributed by atoms with E-state index < -0.39 is 0 Å². The lowest BCUT2D eigenvalue weighted by atomic mass is 10.2. The Morgan fingerprint density at radius 2 is 2.28 bits per heavy atom. The molecule has 0 fully saturated rings. The highest BCUT2D eigenvalue weighted by Crippen LogP contribution is 2.28. The Kier molecular flexibility index (Phi) is 4.23. The summed E-state index contributed by atoms with van der Waals surface area (Å²) in [5, 5.41) is 0.595. The van der Waals surface area contributed by atoms with Gasteiger partial charge < -0.3 is 15.0 Å². The maximum absolute atomic E-state index is 6.10. The van der Waals surface area contributed by atoms with E-state index in [0.29, 0.717) is 23.9 Å². The molecule has 0 aliphatic carbocycles. The van der Waals surface area contributed by atoms with E-state index in [1.165, 1.54) is 0 Å². The number of rotatable bonds is 5. The van der Waals surface area contributed by atoms with E-state index >= 15 is 0 Å². The highest BCUT2D eigenvalue weighted by molar-refractivity contribution is 6.32. The molecular weight excluding hydrogens is 250 g/mol. The lowest BCUT2D eigenvalue weighted by Crippen LogP contribution is -2.08. The molecule has 18 heavy (non-hydrogen) atoms. The first-order chi connectivity index (χ1) is 8.72. The van der Waals surface area contributed by atoms with Crippen LogP contribution in [0.2, 0.25) is 5.02 Å². The van der Waals surface area contributed by atoms with Crippen molar-refractivity contribution < 1.29 is 4.74 Å². The third-order valence-corrected chi connectivity index (χ3v) is 3.06. The van der Waals surface area contributed by atoms with Crippen LogP contribution in [0.3, 0.4) is 0 Å². The minimum atomic E-state index is 0.415. The minimum absolute atomic E-state index is 0.415. The van der Waals surface area contributed by atoms with Gasteiger partial charge >= 0.3 is 0 Å². The Hall–Kier alpha value is -1.52. The monoisotopic (exact) mass is 265 g/mol. The number of hydrogen-bond acceptors (Lipinski definition) is 3. The number of nitrogens with zero attached hydrogens (tertiary/aromatic N) is 2. The molecule has 0 atom stereocenters. The molecule has 0 aliphatic rings. The number of para-hydroxylation sites is 1. The van der Waals surface area contributed by atoms with Gasteiger partial charge in [-0.3, -0.25) is 0 Å². The summed E-state index contributed by atoms with van der Waals surface area (Å²) in [6, 6.07) is 5.59. The van der Waals surface area contributed by atoms with Gasteiger partial charge in [0.2, 0.25) is 0 Å². The number of nitrogens with two attached hydrogens (primary N) is 1. The van der Waals surface area contributed by atoms with Gasteiger partial charge in [-0.1, -0.05) is 23.7 Å². The third kappa shape index (κ3) is 2.83. The van der Waals surface area contributed by atoms with Gasteiger partial charge in [-0.25, -0.2) is 4.98 Å². The van der Waals surface area contributed by atoms with Gasteiger partial charge in [0.05, 0.1) is 11.6 Å². The highest BCUT2D eigenvalue weighted by Gasteiger charge is 2.07. The smallest absolute Gasteiger partial charge is 0.142 e. The third-order valence-electron chi connectivity index (χ3n) is 2.76. The van der Waals surface area contributed by atoms with Crippen molar-refractivity contribution in [3.63, 3.8) is 0 Å². The molecule has 0 saturated carbocycles. The first kappa shape index (κ1) is 12.9. The lowest BCUT2D eigenvalue weighted by molar-refractivity contribution is 0.314. The van der Waals surface area contributed by atoms with Crippen LogP contribution < -0.4 is 10.5 Å². The minimum Gasteiger partial charge on any atom is -0.491 e. The van der Waals surface area contributed by atoms with Crippen LogP contribution in [0.1, 0.15) is 11.4 Å². The van der Waals surface area contributed by atoms with Gasteiger partial charge in [0.15, 0.2) is 0 Å². The fourth-order valence-electron chi connectivity index (χ4n) is 1.76. The van der Waals surface area contributed by atoms with E-state index in [1.54, 1.807) is 12.3 Å². The molecule has 0 saturated heterocycles. The molecule has 2 N–H and O–H groups in total. The molecule has 96 valence electrons. The van der Waals surface area contributed by atoms with Crippen molar-refractivity contribution in [1.82, 2.24) is 9.55 Å². The van der Waals surface area contributed by atoms with Crippen LogP contribution in [0.5, 0.6) is 5.75 Å².